The number of rotatable bonds is 6. The van der Waals surface area contributed by atoms with Crippen LogP contribution in [0.2, 0.25) is 0 Å². The molecule has 1 aliphatic carbocycles. The van der Waals surface area contributed by atoms with Gasteiger partial charge in [0.25, 0.3) is 5.91 Å². The molecule has 1 amide bonds. The Hall–Kier alpha value is -1.97. The zero-order chi connectivity index (χ0) is 16.7. The van der Waals surface area contributed by atoms with E-state index in [-0.39, 0.29) is 12.5 Å². The second-order valence-electron chi connectivity index (χ2n) is 6.54. The zero-order valence-electron chi connectivity index (χ0n) is 14.4. The number of hydrogen-bond donors (Lipinski definition) is 2. The highest BCUT2D eigenvalue weighted by Gasteiger charge is 2.10. The van der Waals surface area contributed by atoms with Gasteiger partial charge in [-0.1, -0.05) is 38.0 Å². The summed E-state index contributed by atoms with van der Waals surface area (Å²) in [5, 5.41) is 0. The van der Waals surface area contributed by atoms with Crippen LogP contribution in [0.3, 0.4) is 0 Å². The van der Waals surface area contributed by atoms with Crippen LogP contribution in [0.1, 0.15) is 63.0 Å². The molecule has 0 unspecified atom stereocenters. The van der Waals surface area contributed by atoms with Gasteiger partial charge >= 0.3 is 0 Å². The maximum Gasteiger partial charge on any atom is 0.276 e. The third-order valence-corrected chi connectivity index (χ3v) is 4.13. The van der Waals surface area contributed by atoms with Crippen molar-refractivity contribution in [3.63, 3.8) is 0 Å². The first-order chi connectivity index (χ1) is 11.1. The van der Waals surface area contributed by atoms with Crippen molar-refractivity contribution in [1.29, 1.82) is 0 Å². The molecular weight excluding hydrogens is 288 g/mol. The molecule has 1 aliphatic rings. The number of carbonyl (C=O) groups is 1. The average molecular weight is 316 g/mol. The summed E-state index contributed by atoms with van der Waals surface area (Å²) in [5.74, 6) is 0.984. The summed E-state index contributed by atoms with van der Waals surface area (Å²) in [6.07, 6.45) is 7.97. The Balaban J connectivity index is 1.81. The number of carbonyl (C=O) groups excluding carboxylic acids is 1. The minimum atomic E-state index is -0.172. The largest absolute Gasteiger partial charge is 0.483 e. The summed E-state index contributed by atoms with van der Waals surface area (Å²) in [7, 11) is 0. The molecule has 4 heteroatoms. The van der Waals surface area contributed by atoms with Gasteiger partial charge in [0.1, 0.15) is 5.75 Å². The van der Waals surface area contributed by atoms with Crippen LogP contribution < -0.4 is 15.6 Å². The number of amides is 1. The van der Waals surface area contributed by atoms with Crippen LogP contribution in [0.25, 0.3) is 0 Å². The van der Waals surface area contributed by atoms with E-state index in [0.29, 0.717) is 5.92 Å². The van der Waals surface area contributed by atoms with E-state index in [1.54, 1.807) is 0 Å². The van der Waals surface area contributed by atoms with Gasteiger partial charge in [0, 0.05) is 6.20 Å². The lowest BCUT2D eigenvalue weighted by Gasteiger charge is -2.16. The van der Waals surface area contributed by atoms with Crippen LogP contribution in [0.15, 0.2) is 30.0 Å². The Kier molecular flexibility index (Phi) is 6.51. The van der Waals surface area contributed by atoms with E-state index in [0.717, 1.165) is 29.7 Å². The van der Waals surface area contributed by atoms with Gasteiger partial charge in [-0.15, -0.1) is 0 Å². The van der Waals surface area contributed by atoms with E-state index in [9.17, 15) is 4.79 Å². The van der Waals surface area contributed by atoms with Crippen molar-refractivity contribution in [1.82, 2.24) is 10.9 Å². The normalized spacial score (nSPS) is 14.5. The molecule has 1 saturated carbocycles. The number of benzene rings is 1. The summed E-state index contributed by atoms with van der Waals surface area (Å²) in [6, 6.07) is 6.12. The molecule has 2 N–H and O–H groups in total. The maximum atomic E-state index is 11.9. The minimum absolute atomic E-state index is 0.0132. The van der Waals surface area contributed by atoms with E-state index < -0.39 is 0 Å². The van der Waals surface area contributed by atoms with Crippen molar-refractivity contribution < 1.29 is 9.53 Å². The van der Waals surface area contributed by atoms with E-state index >= 15 is 0 Å². The van der Waals surface area contributed by atoms with Gasteiger partial charge in [-0.3, -0.25) is 10.2 Å². The highest BCUT2D eigenvalue weighted by molar-refractivity contribution is 5.77. The molecular formula is C19H28N2O2. The van der Waals surface area contributed by atoms with Crippen molar-refractivity contribution in [2.45, 2.75) is 58.8 Å². The Bertz CT molecular complexity index is 556. The van der Waals surface area contributed by atoms with Gasteiger partial charge in [-0.25, -0.2) is 0 Å². The Morgan fingerprint density at radius 2 is 2.00 bits per heavy atom. The van der Waals surface area contributed by atoms with Gasteiger partial charge in [0.05, 0.1) is 0 Å². The lowest BCUT2D eigenvalue weighted by molar-refractivity contribution is -0.123. The standard InChI is InChI=1S/C19H28N2O2/c1-14(2)17-10-9-15(3)11-18(17)23-13-19(22)21-20-12-16-7-5-4-6-8-16/h9-12,14,20H,4-8,13H2,1-3H3,(H,21,22). The highest BCUT2D eigenvalue weighted by atomic mass is 16.5. The second kappa shape index (κ2) is 8.61. The highest BCUT2D eigenvalue weighted by Crippen LogP contribution is 2.27. The molecule has 2 rings (SSSR count). The van der Waals surface area contributed by atoms with E-state index in [4.69, 9.17) is 4.74 Å². The van der Waals surface area contributed by atoms with Crippen molar-refractivity contribution >= 4 is 5.91 Å². The van der Waals surface area contributed by atoms with E-state index in [1.165, 1.54) is 24.8 Å². The molecule has 0 aliphatic heterocycles. The lowest BCUT2D eigenvalue weighted by Crippen LogP contribution is -2.37. The van der Waals surface area contributed by atoms with E-state index in [1.807, 2.05) is 19.2 Å². The second-order valence-corrected chi connectivity index (χ2v) is 6.54. The summed E-state index contributed by atoms with van der Waals surface area (Å²) in [4.78, 5) is 11.9. The monoisotopic (exact) mass is 316 g/mol. The molecule has 1 aromatic rings. The maximum absolute atomic E-state index is 11.9. The fourth-order valence-corrected chi connectivity index (χ4v) is 2.79. The molecule has 0 radical (unpaired) electrons. The molecule has 0 heterocycles. The average Bonchev–Trinajstić information content (AvgIpc) is 2.53. The molecule has 126 valence electrons. The third-order valence-electron chi connectivity index (χ3n) is 4.13. The Labute approximate surface area is 139 Å². The number of hydrazine groups is 1. The Morgan fingerprint density at radius 3 is 2.70 bits per heavy atom. The summed E-state index contributed by atoms with van der Waals surface area (Å²) in [5.41, 5.74) is 9.20. The first kappa shape index (κ1) is 17.4. The van der Waals surface area contributed by atoms with Crippen LogP contribution in [-0.4, -0.2) is 12.5 Å². The molecule has 0 aromatic heterocycles. The van der Waals surface area contributed by atoms with Crippen LogP contribution in [-0.2, 0) is 4.79 Å². The SMILES string of the molecule is Cc1ccc(C(C)C)c(OCC(=O)NNC=C2CCCCC2)c1. The van der Waals surface area contributed by atoms with Gasteiger partial charge in [0.15, 0.2) is 6.61 Å². The predicted molar refractivity (Wildman–Crippen MR) is 93.2 cm³/mol. The number of nitrogens with one attached hydrogen (secondary N) is 2. The van der Waals surface area contributed by atoms with Crippen molar-refractivity contribution in [3.05, 3.63) is 41.1 Å². The summed E-state index contributed by atoms with van der Waals surface area (Å²) >= 11 is 0. The lowest BCUT2D eigenvalue weighted by atomic mass is 9.96. The van der Waals surface area contributed by atoms with Crippen molar-refractivity contribution in [2.75, 3.05) is 6.61 Å². The van der Waals surface area contributed by atoms with Crippen molar-refractivity contribution in [2.24, 2.45) is 0 Å². The first-order valence-corrected chi connectivity index (χ1v) is 8.52. The van der Waals surface area contributed by atoms with Gasteiger partial charge < -0.3 is 10.2 Å². The number of aryl methyl sites for hydroxylation is 1. The molecule has 0 atom stereocenters. The van der Waals surface area contributed by atoms with E-state index in [2.05, 4.69) is 36.8 Å². The fraction of sp³-hybridized carbons (Fsp3) is 0.526. The van der Waals surface area contributed by atoms with Crippen LogP contribution in [0.4, 0.5) is 0 Å². The molecule has 1 fully saturated rings. The van der Waals surface area contributed by atoms with Gasteiger partial charge in [0.2, 0.25) is 0 Å². The topological polar surface area (TPSA) is 50.4 Å². The summed E-state index contributed by atoms with van der Waals surface area (Å²) < 4.78 is 5.71. The molecule has 0 saturated heterocycles. The smallest absolute Gasteiger partial charge is 0.276 e. The van der Waals surface area contributed by atoms with Crippen molar-refractivity contribution in [3.8, 4) is 5.75 Å². The van der Waals surface area contributed by atoms with Crippen LogP contribution >= 0.6 is 0 Å². The molecule has 0 spiro atoms. The third kappa shape index (κ3) is 5.62. The zero-order valence-corrected chi connectivity index (χ0v) is 14.4. The first-order valence-electron chi connectivity index (χ1n) is 8.52. The van der Waals surface area contributed by atoms with Crippen LogP contribution in [0, 0.1) is 6.92 Å². The fourth-order valence-electron chi connectivity index (χ4n) is 2.79. The van der Waals surface area contributed by atoms with Gasteiger partial charge in [-0.05, 0) is 55.7 Å². The Morgan fingerprint density at radius 1 is 1.26 bits per heavy atom. The molecule has 4 nitrogen and oxygen atoms in total. The number of ether oxygens (including phenoxy) is 1. The quantitative estimate of drug-likeness (QED) is 0.781. The number of allylic oxidation sites excluding steroid dienone is 1. The predicted octanol–water partition coefficient (Wildman–Crippen LogP) is 3.97. The molecule has 23 heavy (non-hydrogen) atoms. The molecule has 1 aromatic carbocycles. The summed E-state index contributed by atoms with van der Waals surface area (Å²) in [6.45, 7) is 6.28. The minimum Gasteiger partial charge on any atom is -0.483 e. The molecule has 0 bridgehead atoms. The number of hydrogen-bond acceptors (Lipinski definition) is 3. The van der Waals surface area contributed by atoms with Gasteiger partial charge in [-0.2, -0.15) is 0 Å². The van der Waals surface area contributed by atoms with Crippen LogP contribution in [0.5, 0.6) is 5.75 Å².